The minimum Gasteiger partial charge on any atom is -0.339 e. The van der Waals surface area contributed by atoms with Crippen molar-refractivity contribution in [2.45, 2.75) is 20.0 Å². The summed E-state index contributed by atoms with van der Waals surface area (Å²) in [5, 5.41) is 1.95. The zero-order valence-corrected chi connectivity index (χ0v) is 15.5. The van der Waals surface area contributed by atoms with Crippen molar-refractivity contribution in [3.8, 4) is 0 Å². The van der Waals surface area contributed by atoms with Crippen molar-refractivity contribution in [2.24, 2.45) is 0 Å². The van der Waals surface area contributed by atoms with Crippen LogP contribution in [0.4, 0.5) is 18.9 Å². The van der Waals surface area contributed by atoms with Crippen LogP contribution >= 0.6 is 11.6 Å². The maximum Gasteiger partial charge on any atom is 0.417 e. The first-order valence-corrected chi connectivity index (χ1v) is 8.62. The molecule has 0 aromatic heterocycles. The van der Waals surface area contributed by atoms with Crippen molar-refractivity contribution in [3.63, 3.8) is 0 Å². The summed E-state index contributed by atoms with van der Waals surface area (Å²) in [6.45, 7) is 4.74. The molecule has 2 amide bonds. The van der Waals surface area contributed by atoms with Crippen molar-refractivity contribution in [2.75, 3.05) is 18.4 Å². The maximum absolute atomic E-state index is 12.9. The fraction of sp³-hybridized carbons (Fsp3) is 0.263. The van der Waals surface area contributed by atoms with E-state index in [4.69, 9.17) is 11.6 Å². The van der Waals surface area contributed by atoms with Crippen LogP contribution in [-0.2, 0) is 6.18 Å². The highest BCUT2D eigenvalue weighted by Crippen LogP contribution is 2.36. The first-order chi connectivity index (χ1) is 12.7. The minimum absolute atomic E-state index is 0.0443. The average Bonchev–Trinajstić information content (AvgIpc) is 2.63. The number of benzene rings is 2. The third kappa shape index (κ3) is 5.01. The molecular weight excluding hydrogens is 381 g/mol. The van der Waals surface area contributed by atoms with Gasteiger partial charge in [-0.25, -0.2) is 0 Å². The van der Waals surface area contributed by atoms with Crippen molar-refractivity contribution < 1.29 is 22.8 Å². The molecule has 0 aliphatic heterocycles. The van der Waals surface area contributed by atoms with Gasteiger partial charge in [0.1, 0.15) is 0 Å². The Bertz CT molecular complexity index is 849. The van der Waals surface area contributed by atoms with E-state index in [2.05, 4.69) is 5.32 Å². The highest BCUT2D eigenvalue weighted by molar-refractivity contribution is 6.31. The van der Waals surface area contributed by atoms with Crippen molar-refractivity contribution >= 4 is 29.1 Å². The third-order valence-electron chi connectivity index (χ3n) is 3.95. The molecule has 0 saturated carbocycles. The molecule has 0 radical (unpaired) electrons. The second-order valence-corrected chi connectivity index (χ2v) is 6.11. The van der Waals surface area contributed by atoms with Crippen LogP contribution in [0.1, 0.15) is 40.1 Å². The monoisotopic (exact) mass is 398 g/mol. The van der Waals surface area contributed by atoms with Gasteiger partial charge in [0.05, 0.1) is 10.6 Å². The van der Waals surface area contributed by atoms with Crippen LogP contribution < -0.4 is 5.32 Å². The van der Waals surface area contributed by atoms with E-state index in [-0.39, 0.29) is 17.2 Å². The summed E-state index contributed by atoms with van der Waals surface area (Å²) in [4.78, 5) is 26.4. The van der Waals surface area contributed by atoms with Crippen LogP contribution in [0.25, 0.3) is 0 Å². The SMILES string of the molecule is CCN(CC)C(=O)c1cccc(C(=O)Nc2ccc(Cl)c(C(F)(F)F)c2)c1. The molecule has 8 heteroatoms. The summed E-state index contributed by atoms with van der Waals surface area (Å²) in [7, 11) is 0. The number of amides is 2. The van der Waals surface area contributed by atoms with Crippen molar-refractivity contribution in [3.05, 3.63) is 64.2 Å². The van der Waals surface area contributed by atoms with Crippen LogP contribution in [0, 0.1) is 0 Å². The Morgan fingerprint density at radius 3 is 2.26 bits per heavy atom. The lowest BCUT2D eigenvalue weighted by molar-refractivity contribution is -0.137. The van der Waals surface area contributed by atoms with Crippen LogP contribution in [0.2, 0.25) is 5.02 Å². The number of halogens is 4. The molecule has 144 valence electrons. The Labute approximate surface area is 159 Å². The molecule has 0 atom stereocenters. The number of nitrogens with one attached hydrogen (secondary N) is 1. The summed E-state index contributed by atoms with van der Waals surface area (Å²) < 4.78 is 38.8. The first-order valence-electron chi connectivity index (χ1n) is 8.24. The van der Waals surface area contributed by atoms with Crippen LogP contribution in [0.3, 0.4) is 0 Å². The fourth-order valence-electron chi connectivity index (χ4n) is 2.51. The fourth-order valence-corrected chi connectivity index (χ4v) is 2.74. The molecule has 0 bridgehead atoms. The molecule has 0 unspecified atom stereocenters. The number of carbonyl (C=O) groups is 2. The van der Waals surface area contributed by atoms with Gasteiger partial charge in [0.25, 0.3) is 11.8 Å². The van der Waals surface area contributed by atoms with Gasteiger partial charge in [-0.1, -0.05) is 17.7 Å². The van der Waals surface area contributed by atoms with Crippen LogP contribution in [-0.4, -0.2) is 29.8 Å². The van der Waals surface area contributed by atoms with Gasteiger partial charge in [0.2, 0.25) is 0 Å². The number of rotatable bonds is 5. The van der Waals surface area contributed by atoms with Gasteiger partial charge in [-0.3, -0.25) is 9.59 Å². The van der Waals surface area contributed by atoms with Gasteiger partial charge in [0, 0.05) is 29.9 Å². The Hall–Kier alpha value is -2.54. The third-order valence-corrected chi connectivity index (χ3v) is 4.28. The highest BCUT2D eigenvalue weighted by atomic mass is 35.5. The Kier molecular flexibility index (Phi) is 6.49. The molecule has 2 rings (SSSR count). The summed E-state index contributed by atoms with van der Waals surface area (Å²) >= 11 is 5.57. The van der Waals surface area contributed by atoms with Gasteiger partial charge < -0.3 is 10.2 Å². The molecule has 2 aromatic carbocycles. The van der Waals surface area contributed by atoms with Crippen LogP contribution in [0.15, 0.2) is 42.5 Å². The zero-order valence-electron chi connectivity index (χ0n) is 14.7. The largest absolute Gasteiger partial charge is 0.417 e. The number of carbonyl (C=O) groups excluding carboxylic acids is 2. The normalized spacial score (nSPS) is 11.2. The maximum atomic E-state index is 12.9. The quantitative estimate of drug-likeness (QED) is 0.762. The van der Waals surface area contributed by atoms with E-state index in [0.717, 1.165) is 12.1 Å². The van der Waals surface area contributed by atoms with E-state index in [1.807, 2.05) is 13.8 Å². The van der Waals surface area contributed by atoms with E-state index in [9.17, 15) is 22.8 Å². The van der Waals surface area contributed by atoms with Gasteiger partial charge in [0.15, 0.2) is 0 Å². The smallest absolute Gasteiger partial charge is 0.339 e. The molecule has 0 saturated heterocycles. The molecule has 4 nitrogen and oxygen atoms in total. The number of hydrogen-bond donors (Lipinski definition) is 1. The van der Waals surface area contributed by atoms with Gasteiger partial charge >= 0.3 is 6.18 Å². The molecular formula is C19H18ClF3N2O2. The average molecular weight is 399 g/mol. The zero-order chi connectivity index (χ0) is 20.2. The lowest BCUT2D eigenvalue weighted by Gasteiger charge is -2.18. The predicted molar refractivity (Wildman–Crippen MR) is 98.1 cm³/mol. The standard InChI is InChI=1S/C19H18ClF3N2O2/c1-3-25(4-2)18(27)13-7-5-6-12(10-13)17(26)24-14-8-9-16(20)15(11-14)19(21,22)23/h5-11H,3-4H2,1-2H3,(H,24,26). The predicted octanol–water partition coefficient (Wildman–Crippen LogP) is 5.09. The van der Waals surface area contributed by atoms with E-state index in [1.54, 1.807) is 17.0 Å². The molecule has 0 spiro atoms. The summed E-state index contributed by atoms with van der Waals surface area (Å²) in [5.74, 6) is -0.847. The second kappa shape index (κ2) is 8.43. The van der Waals surface area contributed by atoms with E-state index in [1.165, 1.54) is 18.2 Å². The van der Waals surface area contributed by atoms with Crippen LogP contribution in [0.5, 0.6) is 0 Å². The number of alkyl halides is 3. The summed E-state index contributed by atoms with van der Waals surface area (Å²) in [6, 6.07) is 9.15. The molecule has 0 aliphatic carbocycles. The number of anilines is 1. The Balaban J connectivity index is 2.25. The molecule has 1 N–H and O–H groups in total. The molecule has 0 heterocycles. The summed E-state index contributed by atoms with van der Waals surface area (Å²) in [6.07, 6.45) is -4.63. The Morgan fingerprint density at radius 1 is 1.04 bits per heavy atom. The number of nitrogens with zero attached hydrogens (tertiary/aromatic N) is 1. The highest BCUT2D eigenvalue weighted by Gasteiger charge is 2.33. The van der Waals surface area contributed by atoms with Gasteiger partial charge in [-0.2, -0.15) is 13.2 Å². The van der Waals surface area contributed by atoms with Crippen molar-refractivity contribution in [1.82, 2.24) is 4.90 Å². The Morgan fingerprint density at radius 2 is 1.67 bits per heavy atom. The van der Waals surface area contributed by atoms with E-state index in [0.29, 0.717) is 18.7 Å². The second-order valence-electron chi connectivity index (χ2n) is 5.70. The van der Waals surface area contributed by atoms with Gasteiger partial charge in [-0.15, -0.1) is 0 Å². The molecule has 27 heavy (non-hydrogen) atoms. The minimum atomic E-state index is -4.63. The van der Waals surface area contributed by atoms with Crippen molar-refractivity contribution in [1.29, 1.82) is 0 Å². The lowest BCUT2D eigenvalue weighted by atomic mass is 10.1. The van der Waals surface area contributed by atoms with E-state index >= 15 is 0 Å². The first kappa shape index (κ1) is 20.8. The molecule has 2 aromatic rings. The molecule has 0 aliphatic rings. The topological polar surface area (TPSA) is 49.4 Å². The molecule has 0 fully saturated rings. The van der Waals surface area contributed by atoms with E-state index < -0.39 is 22.7 Å². The van der Waals surface area contributed by atoms with Gasteiger partial charge in [-0.05, 0) is 50.2 Å². The number of hydrogen-bond acceptors (Lipinski definition) is 2. The lowest BCUT2D eigenvalue weighted by Crippen LogP contribution is -2.30. The summed E-state index contributed by atoms with van der Waals surface area (Å²) in [5.41, 5.74) is -0.584.